The van der Waals surface area contributed by atoms with Gasteiger partial charge in [-0.25, -0.2) is 15.0 Å². The molecule has 0 aromatic carbocycles. The molecule has 0 aliphatic rings. The lowest BCUT2D eigenvalue weighted by Gasteiger charge is -2.10. The fourth-order valence-electron chi connectivity index (χ4n) is 2.11. The predicted octanol–water partition coefficient (Wildman–Crippen LogP) is 3.55. The first-order valence-corrected chi connectivity index (χ1v) is 9.54. The summed E-state index contributed by atoms with van der Waals surface area (Å²) >= 11 is 1.74. The number of nitrogens with one attached hydrogen (secondary N) is 2. The lowest BCUT2D eigenvalue weighted by atomic mass is 10.3. The number of thiazole rings is 1. The van der Waals surface area contributed by atoms with Crippen LogP contribution in [0.5, 0.6) is 5.88 Å². The summed E-state index contributed by atoms with van der Waals surface area (Å²) < 4.78 is 5.49. The summed E-state index contributed by atoms with van der Waals surface area (Å²) in [6.45, 7) is 9.11. The topological polar surface area (TPSA) is 71.4 Å². The molecule has 6 nitrogen and oxygen atoms in total. The van der Waals surface area contributed by atoms with E-state index in [4.69, 9.17) is 4.74 Å². The van der Waals surface area contributed by atoms with Gasteiger partial charge in [-0.05, 0) is 25.8 Å². The van der Waals surface area contributed by atoms with Crippen molar-refractivity contribution >= 4 is 41.3 Å². The predicted molar refractivity (Wildman–Crippen MR) is 119 cm³/mol. The Bertz CT molecular complexity index is 660. The largest absolute Gasteiger partial charge is 0.478 e. The molecule has 0 aliphatic carbocycles. The SMILES string of the molecule is CCCOc1ccc(CN=C(NCC)NCCc2ncc(C)s2)cn1.I. The van der Waals surface area contributed by atoms with Crippen molar-refractivity contribution in [3.63, 3.8) is 0 Å². The molecular weight excluding hydrogens is 461 g/mol. The first kappa shape index (κ1) is 22.6. The zero-order valence-corrected chi connectivity index (χ0v) is 18.8. The Labute approximate surface area is 176 Å². The van der Waals surface area contributed by atoms with Crippen molar-refractivity contribution in [3.8, 4) is 5.88 Å². The molecule has 0 bridgehead atoms. The normalized spacial score (nSPS) is 11.0. The Kier molecular flexibility index (Phi) is 11.2. The van der Waals surface area contributed by atoms with Crippen LogP contribution in [0, 0.1) is 6.92 Å². The van der Waals surface area contributed by atoms with Gasteiger partial charge < -0.3 is 15.4 Å². The quantitative estimate of drug-likeness (QED) is 0.320. The first-order chi connectivity index (χ1) is 12.2. The minimum Gasteiger partial charge on any atom is -0.478 e. The van der Waals surface area contributed by atoms with E-state index in [0.717, 1.165) is 42.5 Å². The third-order valence-electron chi connectivity index (χ3n) is 3.32. The maximum absolute atomic E-state index is 5.49. The molecule has 0 fully saturated rings. The summed E-state index contributed by atoms with van der Waals surface area (Å²) in [7, 11) is 0. The number of ether oxygens (including phenoxy) is 1. The van der Waals surface area contributed by atoms with Gasteiger partial charge in [0.2, 0.25) is 5.88 Å². The second kappa shape index (κ2) is 12.9. The molecular formula is C18H28IN5OS. The van der Waals surface area contributed by atoms with Gasteiger partial charge in [-0.2, -0.15) is 0 Å². The maximum atomic E-state index is 5.49. The molecule has 0 amide bonds. The summed E-state index contributed by atoms with van der Waals surface area (Å²) in [5, 5.41) is 7.75. The molecule has 0 spiro atoms. The molecule has 26 heavy (non-hydrogen) atoms. The van der Waals surface area contributed by atoms with E-state index in [1.54, 1.807) is 11.3 Å². The van der Waals surface area contributed by atoms with Crippen molar-refractivity contribution in [2.75, 3.05) is 19.7 Å². The van der Waals surface area contributed by atoms with Gasteiger partial charge in [-0.15, -0.1) is 35.3 Å². The fourth-order valence-corrected chi connectivity index (χ4v) is 2.90. The Morgan fingerprint density at radius 2 is 2.04 bits per heavy atom. The molecule has 2 aromatic heterocycles. The Hall–Kier alpha value is -1.42. The van der Waals surface area contributed by atoms with Crippen LogP contribution in [0.1, 0.15) is 35.7 Å². The molecule has 0 saturated carbocycles. The zero-order valence-electron chi connectivity index (χ0n) is 15.6. The molecule has 2 heterocycles. The highest BCUT2D eigenvalue weighted by atomic mass is 127. The smallest absolute Gasteiger partial charge is 0.213 e. The average molecular weight is 489 g/mol. The van der Waals surface area contributed by atoms with Gasteiger partial charge in [0, 0.05) is 42.8 Å². The third kappa shape index (κ3) is 8.31. The molecule has 0 aliphatic heterocycles. The number of guanidine groups is 1. The molecule has 144 valence electrons. The maximum Gasteiger partial charge on any atom is 0.213 e. The second-order valence-electron chi connectivity index (χ2n) is 5.59. The summed E-state index contributed by atoms with van der Waals surface area (Å²) in [5.41, 5.74) is 1.05. The van der Waals surface area contributed by atoms with Crippen molar-refractivity contribution in [3.05, 3.63) is 40.0 Å². The van der Waals surface area contributed by atoms with E-state index in [0.29, 0.717) is 19.0 Å². The average Bonchev–Trinajstić information content (AvgIpc) is 3.04. The molecule has 8 heteroatoms. The van der Waals surface area contributed by atoms with Crippen LogP contribution in [0.2, 0.25) is 0 Å². The van der Waals surface area contributed by atoms with E-state index in [1.165, 1.54) is 4.88 Å². The lowest BCUT2D eigenvalue weighted by molar-refractivity contribution is 0.305. The van der Waals surface area contributed by atoms with Gasteiger partial charge in [0.05, 0.1) is 18.2 Å². The van der Waals surface area contributed by atoms with Crippen LogP contribution in [0.4, 0.5) is 0 Å². The van der Waals surface area contributed by atoms with Crippen LogP contribution in [0.3, 0.4) is 0 Å². The number of aromatic nitrogens is 2. The number of nitrogens with zero attached hydrogens (tertiary/aromatic N) is 3. The minimum atomic E-state index is 0. The Morgan fingerprint density at radius 1 is 1.19 bits per heavy atom. The van der Waals surface area contributed by atoms with Gasteiger partial charge in [0.25, 0.3) is 0 Å². The summed E-state index contributed by atoms with van der Waals surface area (Å²) in [4.78, 5) is 14.5. The molecule has 2 rings (SSSR count). The van der Waals surface area contributed by atoms with Crippen LogP contribution in [0.25, 0.3) is 0 Å². The monoisotopic (exact) mass is 489 g/mol. The van der Waals surface area contributed by atoms with Crippen molar-refractivity contribution in [2.45, 2.75) is 40.2 Å². The minimum absolute atomic E-state index is 0. The van der Waals surface area contributed by atoms with Crippen molar-refractivity contribution in [1.29, 1.82) is 0 Å². The van der Waals surface area contributed by atoms with E-state index >= 15 is 0 Å². The number of aliphatic imine (C=N–C) groups is 1. The van der Waals surface area contributed by atoms with Crippen molar-refractivity contribution in [1.82, 2.24) is 20.6 Å². The molecule has 0 radical (unpaired) electrons. The first-order valence-electron chi connectivity index (χ1n) is 8.72. The highest BCUT2D eigenvalue weighted by molar-refractivity contribution is 14.0. The number of pyridine rings is 1. The molecule has 0 unspecified atom stereocenters. The van der Waals surface area contributed by atoms with Gasteiger partial charge in [-0.1, -0.05) is 13.0 Å². The van der Waals surface area contributed by atoms with E-state index in [2.05, 4.69) is 46.4 Å². The lowest BCUT2D eigenvalue weighted by Crippen LogP contribution is -2.38. The number of hydrogen-bond donors (Lipinski definition) is 2. The Balaban J connectivity index is 0.00000338. The zero-order chi connectivity index (χ0) is 17.9. The van der Waals surface area contributed by atoms with Crippen LogP contribution >= 0.6 is 35.3 Å². The van der Waals surface area contributed by atoms with Crippen molar-refractivity contribution < 1.29 is 4.74 Å². The van der Waals surface area contributed by atoms with Crippen molar-refractivity contribution in [2.24, 2.45) is 4.99 Å². The van der Waals surface area contributed by atoms with Gasteiger partial charge in [-0.3, -0.25) is 0 Å². The molecule has 0 saturated heterocycles. The Morgan fingerprint density at radius 3 is 2.65 bits per heavy atom. The second-order valence-corrected chi connectivity index (χ2v) is 6.91. The van der Waals surface area contributed by atoms with Crippen LogP contribution in [-0.4, -0.2) is 35.6 Å². The molecule has 0 atom stereocenters. The molecule has 2 aromatic rings. The van der Waals surface area contributed by atoms with E-state index in [-0.39, 0.29) is 24.0 Å². The van der Waals surface area contributed by atoms with Gasteiger partial charge >= 0.3 is 0 Å². The summed E-state index contributed by atoms with van der Waals surface area (Å²) in [6, 6.07) is 3.90. The third-order valence-corrected chi connectivity index (χ3v) is 4.29. The van der Waals surface area contributed by atoms with Crippen LogP contribution in [-0.2, 0) is 13.0 Å². The highest BCUT2D eigenvalue weighted by Gasteiger charge is 2.02. The standard InChI is InChI=1S/C18H27N5OS.HI/c1-4-10-24-16-7-6-15(12-21-16)13-23-18(19-5-2)20-9-8-17-22-11-14(3)25-17;/h6-7,11-12H,4-5,8-10,13H2,1-3H3,(H2,19,20,23);1H. The number of rotatable bonds is 9. The number of hydrogen-bond acceptors (Lipinski definition) is 5. The van der Waals surface area contributed by atoms with Crippen LogP contribution in [0.15, 0.2) is 29.5 Å². The van der Waals surface area contributed by atoms with Gasteiger partial charge in [0.15, 0.2) is 5.96 Å². The van der Waals surface area contributed by atoms with E-state index in [9.17, 15) is 0 Å². The number of halogens is 1. The fraction of sp³-hybridized carbons (Fsp3) is 0.500. The number of aryl methyl sites for hydroxylation is 1. The van der Waals surface area contributed by atoms with E-state index < -0.39 is 0 Å². The molecule has 2 N–H and O–H groups in total. The summed E-state index contributed by atoms with van der Waals surface area (Å²) in [5.74, 6) is 1.47. The summed E-state index contributed by atoms with van der Waals surface area (Å²) in [6.07, 6.45) is 5.61. The van der Waals surface area contributed by atoms with E-state index in [1.807, 2.05) is 24.5 Å². The van der Waals surface area contributed by atoms with Crippen LogP contribution < -0.4 is 15.4 Å². The highest BCUT2D eigenvalue weighted by Crippen LogP contribution is 2.11. The van der Waals surface area contributed by atoms with Gasteiger partial charge in [0.1, 0.15) is 0 Å².